The van der Waals surface area contributed by atoms with Gasteiger partial charge in [-0.1, -0.05) is 25.7 Å². The Balaban J connectivity index is 1.56. The van der Waals surface area contributed by atoms with Crippen LogP contribution in [0.4, 0.5) is 4.79 Å². The highest BCUT2D eigenvalue weighted by atomic mass is 16.3. The van der Waals surface area contributed by atoms with Gasteiger partial charge in [-0.25, -0.2) is 4.79 Å². The molecule has 1 N–H and O–H groups in total. The molecule has 24 heavy (non-hydrogen) atoms. The monoisotopic (exact) mass is 327 g/mol. The summed E-state index contributed by atoms with van der Waals surface area (Å²) < 4.78 is 5.40. The fourth-order valence-corrected chi connectivity index (χ4v) is 3.29. The number of aromatic nitrogens is 1. The Bertz CT molecular complexity index is 607. The smallest absolute Gasteiger partial charge is 0.318 e. The number of carbonyl (C=O) groups excluding carboxylic acids is 1. The SMILES string of the molecule is O=C(NCCC1CCCC1)N(Cc1ccncc1)Cc1ccco1. The number of hydrogen-bond acceptors (Lipinski definition) is 3. The quantitative estimate of drug-likeness (QED) is 0.837. The van der Waals surface area contributed by atoms with Gasteiger partial charge in [-0.15, -0.1) is 0 Å². The van der Waals surface area contributed by atoms with Crippen molar-refractivity contribution in [1.82, 2.24) is 15.2 Å². The van der Waals surface area contributed by atoms with Gasteiger partial charge < -0.3 is 14.6 Å². The molecule has 2 aromatic rings. The van der Waals surface area contributed by atoms with Crippen LogP contribution in [0, 0.1) is 5.92 Å². The van der Waals surface area contributed by atoms with Gasteiger partial charge in [-0.3, -0.25) is 4.98 Å². The van der Waals surface area contributed by atoms with E-state index in [-0.39, 0.29) is 6.03 Å². The second-order valence-electron chi connectivity index (χ2n) is 6.46. The lowest BCUT2D eigenvalue weighted by Crippen LogP contribution is -2.39. The third kappa shape index (κ3) is 4.85. The molecule has 1 saturated carbocycles. The van der Waals surface area contributed by atoms with Crippen molar-refractivity contribution >= 4 is 6.03 Å². The molecule has 1 aliphatic rings. The van der Waals surface area contributed by atoms with E-state index in [2.05, 4.69) is 10.3 Å². The van der Waals surface area contributed by atoms with E-state index in [0.717, 1.165) is 30.2 Å². The Morgan fingerprint density at radius 3 is 2.71 bits per heavy atom. The van der Waals surface area contributed by atoms with Gasteiger partial charge in [-0.05, 0) is 42.2 Å². The van der Waals surface area contributed by atoms with Crippen LogP contribution in [0.3, 0.4) is 0 Å². The van der Waals surface area contributed by atoms with Gasteiger partial charge >= 0.3 is 6.03 Å². The van der Waals surface area contributed by atoms with Crippen LogP contribution >= 0.6 is 0 Å². The number of nitrogens with one attached hydrogen (secondary N) is 1. The maximum Gasteiger partial charge on any atom is 0.318 e. The molecular weight excluding hydrogens is 302 g/mol. The molecule has 2 amide bonds. The number of urea groups is 1. The number of furan rings is 1. The third-order valence-electron chi connectivity index (χ3n) is 4.64. The number of rotatable bonds is 7. The van der Waals surface area contributed by atoms with Crippen molar-refractivity contribution in [3.63, 3.8) is 0 Å². The first-order valence-corrected chi connectivity index (χ1v) is 8.75. The van der Waals surface area contributed by atoms with Gasteiger partial charge in [0.25, 0.3) is 0 Å². The Labute approximate surface area is 143 Å². The molecule has 0 atom stereocenters. The Hall–Kier alpha value is -2.30. The number of pyridine rings is 1. The minimum absolute atomic E-state index is 0.0405. The lowest BCUT2D eigenvalue weighted by atomic mass is 10.0. The molecule has 1 fully saturated rings. The Morgan fingerprint density at radius 2 is 2.00 bits per heavy atom. The standard InChI is InChI=1S/C19H25N3O2/c23-19(21-12-9-16-4-1-2-5-16)22(15-18-6-3-13-24-18)14-17-7-10-20-11-8-17/h3,6-8,10-11,13,16H,1-2,4-5,9,12,14-15H2,(H,21,23). The topological polar surface area (TPSA) is 58.4 Å². The first-order chi connectivity index (χ1) is 11.8. The molecule has 0 aliphatic heterocycles. The lowest BCUT2D eigenvalue weighted by Gasteiger charge is -2.22. The molecule has 0 spiro atoms. The molecule has 2 aromatic heterocycles. The first kappa shape index (κ1) is 16.6. The van der Waals surface area contributed by atoms with Gasteiger partial charge in [0.1, 0.15) is 5.76 Å². The van der Waals surface area contributed by atoms with E-state index in [4.69, 9.17) is 4.42 Å². The molecule has 2 heterocycles. The highest BCUT2D eigenvalue weighted by Gasteiger charge is 2.18. The summed E-state index contributed by atoms with van der Waals surface area (Å²) in [7, 11) is 0. The Morgan fingerprint density at radius 1 is 1.21 bits per heavy atom. The van der Waals surface area contributed by atoms with Crippen molar-refractivity contribution in [2.45, 2.75) is 45.2 Å². The second kappa shape index (κ2) is 8.52. The highest BCUT2D eigenvalue weighted by molar-refractivity contribution is 5.74. The predicted octanol–water partition coefficient (Wildman–Crippen LogP) is 3.97. The van der Waals surface area contributed by atoms with E-state index in [9.17, 15) is 4.79 Å². The zero-order valence-electron chi connectivity index (χ0n) is 14.0. The highest BCUT2D eigenvalue weighted by Crippen LogP contribution is 2.26. The summed E-state index contributed by atoms with van der Waals surface area (Å²) in [5, 5.41) is 3.07. The normalized spacial score (nSPS) is 14.7. The van der Waals surface area contributed by atoms with Crippen LogP contribution in [-0.2, 0) is 13.1 Å². The van der Waals surface area contributed by atoms with Crippen LogP contribution < -0.4 is 5.32 Å². The average Bonchev–Trinajstić information content (AvgIpc) is 3.29. The fourth-order valence-electron chi connectivity index (χ4n) is 3.29. The van der Waals surface area contributed by atoms with E-state index in [1.54, 1.807) is 23.6 Å². The summed E-state index contributed by atoms with van der Waals surface area (Å²) in [6.07, 6.45) is 11.5. The Kier molecular flexibility index (Phi) is 5.88. The van der Waals surface area contributed by atoms with Crippen LogP contribution in [0.2, 0.25) is 0 Å². The van der Waals surface area contributed by atoms with Crippen LogP contribution in [0.15, 0.2) is 47.3 Å². The van der Waals surface area contributed by atoms with Crippen LogP contribution in [0.1, 0.15) is 43.4 Å². The largest absolute Gasteiger partial charge is 0.467 e. The summed E-state index contributed by atoms with van der Waals surface area (Å²) >= 11 is 0. The summed E-state index contributed by atoms with van der Waals surface area (Å²) in [5.41, 5.74) is 1.06. The molecule has 0 aromatic carbocycles. The molecule has 3 rings (SSSR count). The van der Waals surface area contributed by atoms with Gasteiger partial charge in [0.2, 0.25) is 0 Å². The van der Waals surface area contributed by atoms with E-state index < -0.39 is 0 Å². The molecule has 128 valence electrons. The maximum absolute atomic E-state index is 12.6. The van der Waals surface area contributed by atoms with Crippen molar-refractivity contribution in [2.75, 3.05) is 6.54 Å². The zero-order chi connectivity index (χ0) is 16.6. The molecule has 5 heteroatoms. The van der Waals surface area contributed by atoms with E-state index in [1.807, 2.05) is 24.3 Å². The minimum Gasteiger partial charge on any atom is -0.467 e. The zero-order valence-corrected chi connectivity index (χ0v) is 14.0. The van der Waals surface area contributed by atoms with Crippen molar-refractivity contribution in [3.8, 4) is 0 Å². The number of hydrogen-bond donors (Lipinski definition) is 1. The molecule has 0 saturated heterocycles. The van der Waals surface area contributed by atoms with Crippen molar-refractivity contribution in [2.24, 2.45) is 5.92 Å². The minimum atomic E-state index is -0.0405. The van der Waals surface area contributed by atoms with Crippen LogP contribution in [-0.4, -0.2) is 22.5 Å². The molecule has 1 aliphatic carbocycles. The summed E-state index contributed by atoms with van der Waals surface area (Å²) in [4.78, 5) is 18.4. The third-order valence-corrected chi connectivity index (χ3v) is 4.64. The second-order valence-corrected chi connectivity index (χ2v) is 6.46. The number of nitrogens with zero attached hydrogens (tertiary/aromatic N) is 2. The van der Waals surface area contributed by atoms with Crippen LogP contribution in [0.25, 0.3) is 0 Å². The van der Waals surface area contributed by atoms with Gasteiger partial charge in [0.05, 0.1) is 12.8 Å². The number of amides is 2. The molecule has 0 radical (unpaired) electrons. The number of carbonyl (C=O) groups is 1. The average molecular weight is 327 g/mol. The lowest BCUT2D eigenvalue weighted by molar-refractivity contribution is 0.186. The molecule has 5 nitrogen and oxygen atoms in total. The van der Waals surface area contributed by atoms with Crippen molar-refractivity contribution in [3.05, 3.63) is 54.2 Å². The van der Waals surface area contributed by atoms with Crippen molar-refractivity contribution in [1.29, 1.82) is 0 Å². The van der Waals surface area contributed by atoms with Crippen LogP contribution in [0.5, 0.6) is 0 Å². The van der Waals surface area contributed by atoms with Crippen molar-refractivity contribution < 1.29 is 9.21 Å². The van der Waals surface area contributed by atoms with Gasteiger partial charge in [-0.2, -0.15) is 0 Å². The predicted molar refractivity (Wildman–Crippen MR) is 92.2 cm³/mol. The molecule has 0 bridgehead atoms. The van der Waals surface area contributed by atoms with E-state index in [1.165, 1.54) is 25.7 Å². The maximum atomic E-state index is 12.6. The summed E-state index contributed by atoms with van der Waals surface area (Å²) in [6.45, 7) is 1.75. The summed E-state index contributed by atoms with van der Waals surface area (Å²) in [6, 6.07) is 7.56. The fraction of sp³-hybridized carbons (Fsp3) is 0.474. The van der Waals surface area contributed by atoms with E-state index >= 15 is 0 Å². The first-order valence-electron chi connectivity index (χ1n) is 8.75. The van der Waals surface area contributed by atoms with Gasteiger partial charge in [0, 0.05) is 25.5 Å². The molecular formula is C19H25N3O2. The van der Waals surface area contributed by atoms with E-state index in [0.29, 0.717) is 13.1 Å². The van der Waals surface area contributed by atoms with Gasteiger partial charge in [0.15, 0.2) is 0 Å². The summed E-state index contributed by atoms with van der Waals surface area (Å²) in [5.74, 6) is 1.57. The molecule has 0 unspecified atom stereocenters.